The number of carbonyl (C=O) groups excluding carboxylic acids is 6. The van der Waals surface area contributed by atoms with Crippen LogP contribution in [0.5, 0.6) is 0 Å². The van der Waals surface area contributed by atoms with E-state index in [0.29, 0.717) is 4.57 Å². The highest BCUT2D eigenvalue weighted by Crippen LogP contribution is 2.20. The molecule has 0 saturated heterocycles. The third-order valence-electron chi connectivity index (χ3n) is 4.44. The second kappa shape index (κ2) is 14.9. The molecule has 0 amide bonds. The summed E-state index contributed by atoms with van der Waals surface area (Å²) in [5, 5.41) is 3.85. The maximum atomic E-state index is 12.2. The Labute approximate surface area is 222 Å². The van der Waals surface area contributed by atoms with Crippen LogP contribution in [-0.2, 0) is 47.7 Å². The first-order valence-electron chi connectivity index (χ1n) is 11.3. The van der Waals surface area contributed by atoms with Gasteiger partial charge in [0.05, 0.1) is 6.21 Å². The summed E-state index contributed by atoms with van der Waals surface area (Å²) in [5.74, 6) is -5.30. The van der Waals surface area contributed by atoms with Crippen LogP contribution in [-0.4, -0.2) is 82.5 Å². The van der Waals surface area contributed by atoms with E-state index in [1.165, 1.54) is 6.92 Å². The zero-order valence-electron chi connectivity index (χ0n) is 22.4. The number of aryl methyl sites for hydroxylation is 1. The van der Waals surface area contributed by atoms with Gasteiger partial charge >= 0.3 is 29.8 Å². The highest BCUT2D eigenvalue weighted by Gasteiger charge is 2.43. The molecule has 39 heavy (non-hydrogen) atoms. The largest absolute Gasteiger partial charge is 0.462 e. The molecule has 0 unspecified atom stereocenters. The number of aromatic nitrogens is 2. The van der Waals surface area contributed by atoms with Gasteiger partial charge in [0.25, 0.3) is 5.56 Å². The van der Waals surface area contributed by atoms with Crippen molar-refractivity contribution in [2.45, 2.75) is 72.9 Å². The number of rotatable bonds is 12. The topological polar surface area (TPSA) is 208 Å². The summed E-state index contributed by atoms with van der Waals surface area (Å²) >= 11 is 0. The summed E-state index contributed by atoms with van der Waals surface area (Å²) < 4.78 is 26.5. The van der Waals surface area contributed by atoms with Gasteiger partial charge in [0.15, 0.2) is 24.4 Å². The van der Waals surface area contributed by atoms with Crippen molar-refractivity contribution in [3.63, 3.8) is 0 Å². The summed E-state index contributed by atoms with van der Waals surface area (Å²) in [6.07, 6.45) is -5.58. The molecule has 214 valence electrons. The number of nitrogens with one attached hydrogen (secondary N) is 1. The monoisotopic (exact) mass is 554 g/mol. The minimum absolute atomic E-state index is 0.258. The highest BCUT2D eigenvalue weighted by molar-refractivity contribution is 5.79. The van der Waals surface area contributed by atoms with Crippen molar-refractivity contribution in [1.29, 1.82) is 0 Å². The minimum atomic E-state index is -1.69. The Hall–Kier alpha value is -4.63. The molecule has 0 spiro atoms. The molecule has 1 aromatic heterocycles. The Bertz CT molecular complexity index is 1190. The molecular weight excluding hydrogens is 524 g/mol. The van der Waals surface area contributed by atoms with Gasteiger partial charge in [-0.25, -0.2) is 15.0 Å². The second-order valence-corrected chi connectivity index (χ2v) is 7.98. The van der Waals surface area contributed by atoms with Crippen molar-refractivity contribution in [2.24, 2.45) is 5.10 Å². The molecule has 0 aliphatic heterocycles. The molecule has 1 aromatic rings. The van der Waals surface area contributed by atoms with Gasteiger partial charge in [0.1, 0.15) is 6.61 Å². The Morgan fingerprint density at radius 3 is 1.90 bits per heavy atom. The molecule has 4 atom stereocenters. The van der Waals surface area contributed by atoms with Crippen molar-refractivity contribution in [3.05, 3.63) is 22.1 Å². The molecule has 0 saturated carbocycles. The lowest BCUT2D eigenvalue weighted by Crippen LogP contribution is -2.53. The number of esters is 5. The Morgan fingerprint density at radius 2 is 1.41 bits per heavy atom. The van der Waals surface area contributed by atoms with Gasteiger partial charge in [-0.2, -0.15) is 5.10 Å². The molecule has 0 aliphatic carbocycles. The van der Waals surface area contributed by atoms with E-state index in [2.05, 4.69) is 15.5 Å². The first-order chi connectivity index (χ1) is 18.1. The first kappa shape index (κ1) is 32.4. The summed E-state index contributed by atoms with van der Waals surface area (Å²) in [6.45, 7) is 7.15. The van der Waals surface area contributed by atoms with Gasteiger partial charge in [0.2, 0.25) is 11.9 Å². The van der Waals surface area contributed by atoms with Crippen LogP contribution in [0.15, 0.2) is 16.0 Å². The number of ether oxygens (including phenoxy) is 5. The molecular formula is C23H30N4O12. The van der Waals surface area contributed by atoms with Crippen molar-refractivity contribution >= 4 is 47.9 Å². The number of nitrogens with zero attached hydrogens (tertiary/aromatic N) is 3. The van der Waals surface area contributed by atoms with E-state index in [1.54, 1.807) is 0 Å². The van der Waals surface area contributed by atoms with Crippen molar-refractivity contribution in [1.82, 2.24) is 9.55 Å². The zero-order chi connectivity index (χ0) is 29.9. The second-order valence-electron chi connectivity index (χ2n) is 7.98. The van der Waals surface area contributed by atoms with E-state index in [0.717, 1.165) is 53.8 Å². The molecule has 16 nitrogen and oxygen atoms in total. The maximum Gasteiger partial charge on any atom is 0.303 e. The van der Waals surface area contributed by atoms with Crippen molar-refractivity contribution in [2.75, 3.05) is 12.0 Å². The Balaban J connectivity index is 3.59. The quantitative estimate of drug-likeness (QED) is 0.155. The van der Waals surface area contributed by atoms with Gasteiger partial charge in [-0.1, -0.05) is 0 Å². The van der Waals surface area contributed by atoms with Crippen molar-refractivity contribution < 1.29 is 52.5 Å². The standard InChI is InChI=1S/C23H30N4O12/c1-11-8-20(34)27(12(2)28)23(25-11)26-24-9-18(36-14(4)30)21(38-16(6)32)22(39-17(7)33)19(37-15(5)31)10-35-13(3)29/h8-9,18-19,21-22H,10H2,1-7H3,(H,25,26)/b24-9+/t18-,19+,21+,22-/m0/s1. The predicted molar refractivity (Wildman–Crippen MR) is 130 cm³/mol. The smallest absolute Gasteiger partial charge is 0.303 e. The van der Waals surface area contributed by atoms with Gasteiger partial charge in [-0.05, 0) is 6.92 Å². The zero-order valence-corrected chi connectivity index (χ0v) is 22.4. The SMILES string of the molecule is CC(=O)OC[C@@H](OC(C)=O)[C@H](OC(C)=O)[C@H](OC(C)=O)[C@H](/C=N/Nc1nc(C)cc(=O)n1C(C)=O)OC(C)=O. The minimum Gasteiger partial charge on any atom is -0.462 e. The van der Waals surface area contributed by atoms with Crippen LogP contribution in [0.1, 0.15) is 52.0 Å². The fourth-order valence-electron chi connectivity index (χ4n) is 3.19. The van der Waals surface area contributed by atoms with Gasteiger partial charge < -0.3 is 23.7 Å². The lowest BCUT2D eigenvalue weighted by Gasteiger charge is -2.34. The maximum absolute atomic E-state index is 12.2. The normalized spacial score (nSPS) is 13.8. The molecule has 1 heterocycles. The number of carbonyl (C=O) groups is 6. The summed E-state index contributed by atoms with van der Waals surface area (Å²) in [6, 6.07) is 1.12. The molecule has 0 fully saturated rings. The van der Waals surface area contributed by atoms with Crippen LogP contribution < -0.4 is 11.0 Å². The third-order valence-corrected chi connectivity index (χ3v) is 4.44. The van der Waals surface area contributed by atoms with Crippen LogP contribution in [0.4, 0.5) is 5.95 Å². The highest BCUT2D eigenvalue weighted by atomic mass is 16.6. The van der Waals surface area contributed by atoms with Crippen LogP contribution in [0.2, 0.25) is 0 Å². The van der Waals surface area contributed by atoms with E-state index in [-0.39, 0.29) is 11.6 Å². The fraction of sp³-hybridized carbons (Fsp3) is 0.522. The fourth-order valence-corrected chi connectivity index (χ4v) is 3.19. The molecule has 1 N–H and O–H groups in total. The molecule has 0 aromatic carbocycles. The van der Waals surface area contributed by atoms with Crippen LogP contribution in [0, 0.1) is 6.92 Å². The third kappa shape index (κ3) is 11.1. The molecule has 0 radical (unpaired) electrons. The van der Waals surface area contributed by atoms with E-state index in [4.69, 9.17) is 23.7 Å². The molecule has 1 rings (SSSR count). The number of anilines is 1. The van der Waals surface area contributed by atoms with Crippen LogP contribution >= 0.6 is 0 Å². The first-order valence-corrected chi connectivity index (χ1v) is 11.3. The molecule has 16 heteroatoms. The number of hydrazone groups is 1. The van der Waals surface area contributed by atoms with E-state index in [1.807, 2.05) is 0 Å². The Morgan fingerprint density at radius 1 is 0.872 bits per heavy atom. The van der Waals surface area contributed by atoms with E-state index in [9.17, 15) is 33.6 Å². The lowest BCUT2D eigenvalue weighted by molar-refractivity contribution is -0.197. The van der Waals surface area contributed by atoms with Crippen molar-refractivity contribution in [3.8, 4) is 0 Å². The summed E-state index contributed by atoms with van der Waals surface area (Å²) in [7, 11) is 0. The number of hydrogen-bond donors (Lipinski definition) is 1. The van der Waals surface area contributed by atoms with Crippen LogP contribution in [0.3, 0.4) is 0 Å². The summed E-state index contributed by atoms with van der Waals surface area (Å²) in [4.78, 5) is 87.1. The van der Waals surface area contributed by atoms with Gasteiger partial charge in [-0.15, -0.1) is 0 Å². The summed E-state index contributed by atoms with van der Waals surface area (Å²) in [5.41, 5.74) is 1.95. The predicted octanol–water partition coefficient (Wildman–Crippen LogP) is -0.101. The average Bonchev–Trinajstić information content (AvgIpc) is 2.76. The van der Waals surface area contributed by atoms with E-state index >= 15 is 0 Å². The molecule has 0 bridgehead atoms. The Kier molecular flexibility index (Phi) is 12.4. The van der Waals surface area contributed by atoms with Crippen LogP contribution in [0.25, 0.3) is 0 Å². The lowest BCUT2D eigenvalue weighted by atomic mass is 10.0. The molecule has 0 aliphatic rings. The number of hydrogen-bond acceptors (Lipinski definition) is 15. The van der Waals surface area contributed by atoms with Gasteiger partial charge in [-0.3, -0.25) is 33.6 Å². The van der Waals surface area contributed by atoms with Gasteiger partial charge in [0, 0.05) is 53.3 Å². The van der Waals surface area contributed by atoms with E-state index < -0.39 is 72.3 Å². The average molecular weight is 555 g/mol.